The van der Waals surface area contributed by atoms with E-state index < -0.39 is 0 Å². The van der Waals surface area contributed by atoms with Crippen molar-refractivity contribution in [1.82, 2.24) is 9.97 Å². The zero-order chi connectivity index (χ0) is 19.1. The van der Waals surface area contributed by atoms with Gasteiger partial charge in [-0.25, -0.2) is 14.8 Å². The molecule has 3 aromatic rings. The number of carbonyl (C=O) groups is 1. The van der Waals surface area contributed by atoms with Gasteiger partial charge in [-0.15, -0.1) is 0 Å². The van der Waals surface area contributed by atoms with Crippen LogP contribution in [0.5, 0.6) is 0 Å². The van der Waals surface area contributed by atoms with Crippen LogP contribution in [-0.4, -0.2) is 22.5 Å². The van der Waals surface area contributed by atoms with Gasteiger partial charge in [-0.2, -0.15) is 0 Å². The topological polar surface area (TPSA) is 76.1 Å². The molecule has 6 nitrogen and oxygen atoms in total. The van der Waals surface area contributed by atoms with Crippen molar-refractivity contribution in [2.45, 2.75) is 13.5 Å². The monoisotopic (exact) mass is 382 g/mol. The first-order chi connectivity index (χ1) is 13.2. The molecule has 3 rings (SSSR count). The summed E-state index contributed by atoms with van der Waals surface area (Å²) in [5, 5.41) is 7.06. The quantitative estimate of drug-likeness (QED) is 0.578. The molecule has 2 aromatic carbocycles. The number of nitrogens with one attached hydrogen (secondary N) is 2. The molecule has 0 spiro atoms. The van der Waals surface area contributed by atoms with Gasteiger partial charge in [0.2, 0.25) is 0 Å². The Morgan fingerprint density at radius 1 is 1.07 bits per heavy atom. The number of aromatic nitrogens is 2. The summed E-state index contributed by atoms with van der Waals surface area (Å²) in [7, 11) is 0. The number of rotatable bonds is 7. The van der Waals surface area contributed by atoms with Gasteiger partial charge in [0, 0.05) is 17.6 Å². The SMILES string of the molecule is CCOC(=O)c1ccccc1Nc1cc(NCc2ccccc2Cl)ncn1. The summed E-state index contributed by atoms with van der Waals surface area (Å²) >= 11 is 6.17. The van der Waals surface area contributed by atoms with Crippen LogP contribution in [0.4, 0.5) is 17.3 Å². The molecule has 27 heavy (non-hydrogen) atoms. The number of ether oxygens (including phenoxy) is 1. The van der Waals surface area contributed by atoms with Crippen LogP contribution in [0.3, 0.4) is 0 Å². The number of hydrogen-bond donors (Lipinski definition) is 2. The van der Waals surface area contributed by atoms with E-state index in [1.807, 2.05) is 30.3 Å². The van der Waals surface area contributed by atoms with Gasteiger partial charge in [0.25, 0.3) is 0 Å². The first kappa shape index (κ1) is 18.7. The number of benzene rings is 2. The highest BCUT2D eigenvalue weighted by molar-refractivity contribution is 6.31. The predicted molar refractivity (Wildman–Crippen MR) is 106 cm³/mol. The summed E-state index contributed by atoms with van der Waals surface area (Å²) in [6.07, 6.45) is 1.45. The Kier molecular flexibility index (Phi) is 6.22. The molecule has 1 aromatic heterocycles. The largest absolute Gasteiger partial charge is 0.462 e. The summed E-state index contributed by atoms with van der Waals surface area (Å²) in [5.41, 5.74) is 2.04. The molecule has 0 aliphatic rings. The second-order valence-corrected chi connectivity index (χ2v) is 6.03. The molecule has 138 valence electrons. The van der Waals surface area contributed by atoms with Crippen molar-refractivity contribution in [3.63, 3.8) is 0 Å². The zero-order valence-corrected chi connectivity index (χ0v) is 15.5. The summed E-state index contributed by atoms with van der Waals surface area (Å²) in [6, 6.07) is 16.5. The van der Waals surface area contributed by atoms with Crippen LogP contribution in [0.1, 0.15) is 22.8 Å². The Balaban J connectivity index is 1.73. The Labute approximate surface area is 162 Å². The maximum atomic E-state index is 12.1. The van der Waals surface area contributed by atoms with Crippen LogP contribution in [-0.2, 0) is 11.3 Å². The Morgan fingerprint density at radius 3 is 2.63 bits per heavy atom. The van der Waals surface area contributed by atoms with Crippen LogP contribution < -0.4 is 10.6 Å². The van der Waals surface area contributed by atoms with E-state index in [-0.39, 0.29) is 5.97 Å². The number of para-hydroxylation sites is 1. The van der Waals surface area contributed by atoms with Gasteiger partial charge < -0.3 is 15.4 Å². The third kappa shape index (κ3) is 4.95. The smallest absolute Gasteiger partial charge is 0.340 e. The molecule has 7 heteroatoms. The highest BCUT2D eigenvalue weighted by atomic mass is 35.5. The van der Waals surface area contributed by atoms with Crippen molar-refractivity contribution in [3.05, 3.63) is 77.1 Å². The van der Waals surface area contributed by atoms with Crippen molar-refractivity contribution in [1.29, 1.82) is 0 Å². The predicted octanol–water partition coefficient (Wildman–Crippen LogP) is 4.66. The van der Waals surface area contributed by atoms with E-state index in [9.17, 15) is 4.79 Å². The van der Waals surface area contributed by atoms with E-state index >= 15 is 0 Å². The van der Waals surface area contributed by atoms with Crippen molar-refractivity contribution in [2.75, 3.05) is 17.2 Å². The van der Waals surface area contributed by atoms with Gasteiger partial charge in [-0.3, -0.25) is 0 Å². The maximum absolute atomic E-state index is 12.1. The fourth-order valence-electron chi connectivity index (χ4n) is 2.47. The van der Waals surface area contributed by atoms with Gasteiger partial charge in [0.05, 0.1) is 17.9 Å². The molecular formula is C20H19ClN4O2. The van der Waals surface area contributed by atoms with Gasteiger partial charge >= 0.3 is 5.97 Å². The summed E-state index contributed by atoms with van der Waals surface area (Å²) < 4.78 is 5.09. The summed E-state index contributed by atoms with van der Waals surface area (Å²) in [4.78, 5) is 20.5. The average Bonchev–Trinajstić information content (AvgIpc) is 2.68. The first-order valence-corrected chi connectivity index (χ1v) is 8.87. The lowest BCUT2D eigenvalue weighted by molar-refractivity contribution is 0.0527. The maximum Gasteiger partial charge on any atom is 0.340 e. The number of halogens is 1. The zero-order valence-electron chi connectivity index (χ0n) is 14.8. The Morgan fingerprint density at radius 2 is 1.81 bits per heavy atom. The number of hydrogen-bond acceptors (Lipinski definition) is 6. The molecule has 0 saturated heterocycles. The molecular weight excluding hydrogens is 364 g/mol. The van der Waals surface area contributed by atoms with Crippen molar-refractivity contribution in [2.24, 2.45) is 0 Å². The minimum Gasteiger partial charge on any atom is -0.462 e. The van der Waals surface area contributed by atoms with E-state index in [0.29, 0.717) is 41.1 Å². The third-order valence-electron chi connectivity index (χ3n) is 3.77. The summed E-state index contributed by atoms with van der Waals surface area (Å²) in [5.74, 6) is 0.816. The second-order valence-electron chi connectivity index (χ2n) is 5.62. The molecule has 1 heterocycles. The second kappa shape index (κ2) is 9.00. The molecule has 0 atom stereocenters. The highest BCUT2D eigenvalue weighted by Crippen LogP contribution is 2.22. The van der Waals surface area contributed by atoms with E-state index in [2.05, 4.69) is 20.6 Å². The molecule has 0 saturated carbocycles. The molecule has 2 N–H and O–H groups in total. The number of esters is 1. The van der Waals surface area contributed by atoms with Gasteiger partial charge in [-0.1, -0.05) is 41.9 Å². The molecule has 0 aliphatic carbocycles. The lowest BCUT2D eigenvalue weighted by Gasteiger charge is -2.12. The van der Waals surface area contributed by atoms with Crippen LogP contribution in [0.15, 0.2) is 60.9 Å². The number of nitrogens with zero attached hydrogens (tertiary/aromatic N) is 2. The van der Waals surface area contributed by atoms with Crippen LogP contribution in [0, 0.1) is 0 Å². The lowest BCUT2D eigenvalue weighted by Crippen LogP contribution is -2.08. The third-order valence-corrected chi connectivity index (χ3v) is 4.14. The summed E-state index contributed by atoms with van der Waals surface area (Å²) in [6.45, 7) is 2.63. The highest BCUT2D eigenvalue weighted by Gasteiger charge is 2.12. The normalized spacial score (nSPS) is 10.3. The van der Waals surface area contributed by atoms with Gasteiger partial charge in [0.1, 0.15) is 18.0 Å². The van der Waals surface area contributed by atoms with Crippen LogP contribution in [0.2, 0.25) is 5.02 Å². The van der Waals surface area contributed by atoms with Crippen molar-refractivity contribution < 1.29 is 9.53 Å². The molecule has 0 fully saturated rings. The average molecular weight is 383 g/mol. The van der Waals surface area contributed by atoms with Crippen LogP contribution in [0.25, 0.3) is 0 Å². The van der Waals surface area contributed by atoms with E-state index in [1.165, 1.54) is 6.33 Å². The standard InChI is InChI=1S/C20H19ClN4O2/c1-2-27-20(26)15-8-4-6-10-17(15)25-19-11-18(23-13-24-19)22-12-14-7-3-5-9-16(14)21/h3-11,13H,2,12H2,1H3,(H2,22,23,24,25). The minimum absolute atomic E-state index is 0.316. The van der Waals surface area contributed by atoms with Crippen molar-refractivity contribution >= 4 is 34.9 Å². The van der Waals surface area contributed by atoms with Gasteiger partial charge in [0.15, 0.2) is 0 Å². The number of anilines is 3. The van der Waals surface area contributed by atoms with E-state index in [0.717, 1.165) is 5.56 Å². The molecule has 0 bridgehead atoms. The van der Waals surface area contributed by atoms with Crippen LogP contribution >= 0.6 is 11.6 Å². The Hall–Kier alpha value is -3.12. The van der Waals surface area contributed by atoms with Crippen molar-refractivity contribution in [3.8, 4) is 0 Å². The van der Waals surface area contributed by atoms with E-state index in [1.54, 1.807) is 31.2 Å². The Bertz CT molecular complexity index is 933. The first-order valence-electron chi connectivity index (χ1n) is 8.50. The van der Waals surface area contributed by atoms with E-state index in [4.69, 9.17) is 16.3 Å². The minimum atomic E-state index is -0.383. The number of carbonyl (C=O) groups excluding carboxylic acids is 1. The molecule has 0 amide bonds. The fraction of sp³-hybridized carbons (Fsp3) is 0.150. The molecule has 0 unspecified atom stereocenters. The lowest BCUT2D eigenvalue weighted by atomic mass is 10.2. The van der Waals surface area contributed by atoms with Gasteiger partial charge in [-0.05, 0) is 30.7 Å². The fourth-order valence-corrected chi connectivity index (χ4v) is 2.67. The molecule has 0 radical (unpaired) electrons. The molecule has 0 aliphatic heterocycles.